The van der Waals surface area contributed by atoms with Gasteiger partial charge >= 0.3 is 0 Å². The highest BCUT2D eigenvalue weighted by atomic mass is 35.5. The summed E-state index contributed by atoms with van der Waals surface area (Å²) in [7, 11) is -4.05. The van der Waals surface area contributed by atoms with Gasteiger partial charge in [0.1, 0.15) is 11.5 Å². The Morgan fingerprint density at radius 1 is 1.08 bits per heavy atom. The Labute approximate surface area is 233 Å². The first-order valence-corrected chi connectivity index (χ1v) is 14.4. The molecule has 0 aliphatic carbocycles. The van der Waals surface area contributed by atoms with Crippen LogP contribution in [0, 0.1) is 0 Å². The van der Waals surface area contributed by atoms with E-state index in [0.29, 0.717) is 30.3 Å². The van der Waals surface area contributed by atoms with Crippen LogP contribution < -0.4 is 19.7 Å². The second kappa shape index (κ2) is 12.5. The molecule has 0 radical (unpaired) electrons. The molecule has 9 nitrogen and oxygen atoms in total. The van der Waals surface area contributed by atoms with E-state index in [2.05, 4.69) is 5.32 Å². The Kier molecular flexibility index (Phi) is 9.11. The zero-order valence-corrected chi connectivity index (χ0v) is 23.2. The van der Waals surface area contributed by atoms with Crippen molar-refractivity contribution in [2.24, 2.45) is 0 Å². The summed E-state index contributed by atoms with van der Waals surface area (Å²) in [5.74, 6) is -0.135. The third-order valence-electron chi connectivity index (χ3n) is 6.18. The Hall–Kier alpha value is -3.60. The fraction of sp³-hybridized carbons (Fsp3) is 0.286. The number of hydrogen-bond donors (Lipinski definition) is 1. The van der Waals surface area contributed by atoms with Crippen LogP contribution in [0.2, 0.25) is 5.02 Å². The summed E-state index contributed by atoms with van der Waals surface area (Å²) in [5.41, 5.74) is 1.39. The van der Waals surface area contributed by atoms with Crippen LogP contribution in [-0.4, -0.2) is 56.9 Å². The molecular weight excluding hydrogens is 542 g/mol. The number of hydrogen-bond acceptors (Lipinski definition) is 6. The molecule has 1 N–H and O–H groups in total. The van der Waals surface area contributed by atoms with E-state index in [9.17, 15) is 18.0 Å². The smallest absolute Gasteiger partial charge is 0.263 e. The van der Waals surface area contributed by atoms with Crippen molar-refractivity contribution in [3.8, 4) is 11.5 Å². The average molecular weight is 572 g/mol. The lowest BCUT2D eigenvalue weighted by molar-refractivity contribution is -0.128. The van der Waals surface area contributed by atoms with Crippen molar-refractivity contribution in [2.75, 3.05) is 31.1 Å². The van der Waals surface area contributed by atoms with Gasteiger partial charge in [0.2, 0.25) is 15.9 Å². The van der Waals surface area contributed by atoms with E-state index in [1.165, 1.54) is 23.1 Å². The highest BCUT2D eigenvalue weighted by molar-refractivity contribution is 7.89. The van der Waals surface area contributed by atoms with E-state index >= 15 is 0 Å². The number of benzene rings is 3. The topological polar surface area (TPSA) is 105 Å². The lowest BCUT2D eigenvalue weighted by Crippen LogP contribution is -2.53. The van der Waals surface area contributed by atoms with E-state index in [0.717, 1.165) is 9.87 Å². The van der Waals surface area contributed by atoms with E-state index in [4.69, 9.17) is 21.1 Å². The SMILES string of the molecule is CCOc1ccc(S(=O)(=O)N(CC)CC(=O)N2C[C@@H](C(=O)NCc3ccccc3)Oc3ccccc32)cc1Cl. The first-order valence-electron chi connectivity index (χ1n) is 12.5. The second-order valence-electron chi connectivity index (χ2n) is 8.74. The Morgan fingerprint density at radius 3 is 2.49 bits per heavy atom. The van der Waals surface area contributed by atoms with Crippen LogP contribution in [0.3, 0.4) is 0 Å². The molecule has 1 heterocycles. The molecule has 1 atom stereocenters. The molecule has 3 aromatic carbocycles. The molecule has 0 aromatic heterocycles. The number of nitrogens with one attached hydrogen (secondary N) is 1. The molecule has 11 heteroatoms. The van der Waals surface area contributed by atoms with Gasteiger partial charge in [-0.1, -0.05) is 61.0 Å². The molecule has 1 aliphatic heterocycles. The predicted octanol–water partition coefficient (Wildman–Crippen LogP) is 3.86. The van der Waals surface area contributed by atoms with Gasteiger partial charge in [0.15, 0.2) is 6.10 Å². The van der Waals surface area contributed by atoms with Crippen LogP contribution in [-0.2, 0) is 26.2 Å². The Balaban J connectivity index is 1.52. The van der Waals surface area contributed by atoms with Crippen molar-refractivity contribution < 1.29 is 27.5 Å². The molecule has 0 spiro atoms. The second-order valence-corrected chi connectivity index (χ2v) is 11.1. The van der Waals surface area contributed by atoms with Crippen LogP contribution in [0.25, 0.3) is 0 Å². The number of fused-ring (bicyclic) bond motifs is 1. The average Bonchev–Trinajstić information content (AvgIpc) is 2.95. The van der Waals surface area contributed by atoms with Crippen molar-refractivity contribution in [2.45, 2.75) is 31.4 Å². The molecule has 0 bridgehead atoms. The zero-order valence-electron chi connectivity index (χ0n) is 21.7. The summed E-state index contributed by atoms with van der Waals surface area (Å²) in [4.78, 5) is 27.9. The number of para-hydroxylation sites is 2. The van der Waals surface area contributed by atoms with Crippen molar-refractivity contribution >= 4 is 39.1 Å². The maximum atomic E-state index is 13.5. The maximum absolute atomic E-state index is 13.5. The van der Waals surface area contributed by atoms with Crippen LogP contribution in [0.4, 0.5) is 5.69 Å². The largest absolute Gasteiger partial charge is 0.492 e. The van der Waals surface area contributed by atoms with Crippen molar-refractivity contribution in [1.82, 2.24) is 9.62 Å². The van der Waals surface area contributed by atoms with Gasteiger partial charge in [-0.3, -0.25) is 9.59 Å². The number of amides is 2. The minimum atomic E-state index is -4.05. The van der Waals surface area contributed by atoms with E-state index in [1.54, 1.807) is 38.1 Å². The fourth-order valence-electron chi connectivity index (χ4n) is 4.17. The Morgan fingerprint density at radius 2 is 1.79 bits per heavy atom. The maximum Gasteiger partial charge on any atom is 0.263 e. The van der Waals surface area contributed by atoms with Crippen molar-refractivity contribution in [3.63, 3.8) is 0 Å². The van der Waals surface area contributed by atoms with E-state index in [-0.39, 0.29) is 28.9 Å². The number of likely N-dealkylation sites (N-methyl/N-ethyl adjacent to an activating group) is 1. The lowest BCUT2D eigenvalue weighted by Gasteiger charge is -2.35. The molecule has 4 rings (SSSR count). The van der Waals surface area contributed by atoms with E-state index < -0.39 is 28.6 Å². The zero-order chi connectivity index (χ0) is 28.0. The fourth-order valence-corrected chi connectivity index (χ4v) is 5.90. The molecule has 0 saturated heterocycles. The molecule has 0 saturated carbocycles. The molecule has 0 unspecified atom stereocenters. The number of carbonyl (C=O) groups is 2. The van der Waals surface area contributed by atoms with Crippen LogP contribution in [0.15, 0.2) is 77.7 Å². The van der Waals surface area contributed by atoms with Gasteiger partial charge in [-0.2, -0.15) is 4.31 Å². The molecular formula is C28H30ClN3O6S. The molecule has 0 fully saturated rings. The van der Waals surface area contributed by atoms with Gasteiger partial charge in [0.25, 0.3) is 5.91 Å². The minimum absolute atomic E-state index is 0.0475. The summed E-state index contributed by atoms with van der Waals surface area (Å²) in [5, 5.41) is 3.00. The van der Waals surface area contributed by atoms with Gasteiger partial charge in [-0.25, -0.2) is 8.42 Å². The Bertz CT molecular complexity index is 1430. The molecule has 1 aliphatic rings. The van der Waals surface area contributed by atoms with Crippen LogP contribution in [0.1, 0.15) is 19.4 Å². The third kappa shape index (κ3) is 6.52. The molecule has 206 valence electrons. The summed E-state index contributed by atoms with van der Waals surface area (Å²) in [6, 6.07) is 20.5. The summed E-state index contributed by atoms with van der Waals surface area (Å²) < 4.78 is 39.2. The molecule has 3 aromatic rings. The van der Waals surface area contributed by atoms with E-state index in [1.807, 2.05) is 30.3 Å². The summed E-state index contributed by atoms with van der Waals surface area (Å²) in [6.07, 6.45) is -0.968. The van der Waals surface area contributed by atoms with Crippen molar-refractivity contribution in [1.29, 1.82) is 0 Å². The highest BCUT2D eigenvalue weighted by Crippen LogP contribution is 2.34. The van der Waals surface area contributed by atoms with Crippen LogP contribution >= 0.6 is 11.6 Å². The number of anilines is 1. The van der Waals surface area contributed by atoms with Gasteiger partial charge < -0.3 is 19.7 Å². The third-order valence-corrected chi connectivity index (χ3v) is 8.39. The minimum Gasteiger partial charge on any atom is -0.492 e. The quantitative estimate of drug-likeness (QED) is 0.396. The first kappa shape index (κ1) is 28.4. The normalized spacial score (nSPS) is 14.9. The number of rotatable bonds is 10. The molecule has 39 heavy (non-hydrogen) atoms. The predicted molar refractivity (Wildman–Crippen MR) is 149 cm³/mol. The summed E-state index contributed by atoms with van der Waals surface area (Å²) >= 11 is 6.22. The number of carbonyl (C=O) groups excluding carboxylic acids is 2. The van der Waals surface area contributed by atoms with Crippen LogP contribution in [0.5, 0.6) is 11.5 Å². The van der Waals surface area contributed by atoms with Gasteiger partial charge in [0.05, 0.1) is 35.3 Å². The van der Waals surface area contributed by atoms with Gasteiger partial charge in [-0.05, 0) is 42.8 Å². The summed E-state index contributed by atoms with van der Waals surface area (Å²) in [6.45, 7) is 3.68. The number of sulfonamides is 1. The number of nitrogens with zero attached hydrogens (tertiary/aromatic N) is 2. The first-order chi connectivity index (χ1) is 18.7. The highest BCUT2D eigenvalue weighted by Gasteiger charge is 2.36. The van der Waals surface area contributed by atoms with Crippen molar-refractivity contribution in [3.05, 3.63) is 83.4 Å². The monoisotopic (exact) mass is 571 g/mol. The lowest BCUT2D eigenvalue weighted by atomic mass is 10.1. The molecule has 2 amide bonds. The number of halogens is 1. The van der Waals surface area contributed by atoms with Gasteiger partial charge in [-0.15, -0.1) is 0 Å². The van der Waals surface area contributed by atoms with Gasteiger partial charge in [0, 0.05) is 13.1 Å². The number of ether oxygens (including phenoxy) is 2. The standard InChI is InChI=1S/C28H30ClN3O6S/c1-3-31(39(35,36)21-14-15-24(37-4-2)22(29)16-21)19-27(33)32-18-26(38-25-13-9-8-12-23(25)32)28(34)30-17-20-10-6-5-7-11-20/h5-16,26H,3-4,17-19H2,1-2H3,(H,30,34)/t26-/m0/s1.